The number of aromatic amines is 1. The van der Waals surface area contributed by atoms with E-state index in [1.807, 2.05) is 0 Å². The third-order valence-electron chi connectivity index (χ3n) is 4.72. The highest BCUT2D eigenvalue weighted by atomic mass is 32.2. The molecule has 120 valence electrons. The normalized spacial score (nSPS) is 18.0. The number of aromatic nitrogens is 2. The van der Waals surface area contributed by atoms with Crippen LogP contribution in [0.5, 0.6) is 0 Å². The summed E-state index contributed by atoms with van der Waals surface area (Å²) in [6.07, 6.45) is 5.32. The maximum Gasteiger partial charge on any atom is 0.255 e. The summed E-state index contributed by atoms with van der Waals surface area (Å²) in [5, 5.41) is 0. The fourth-order valence-corrected chi connectivity index (χ4v) is 3.87. The van der Waals surface area contributed by atoms with Gasteiger partial charge in [-0.2, -0.15) is 0 Å². The summed E-state index contributed by atoms with van der Waals surface area (Å²) in [6.45, 7) is 2.56. The molecule has 0 atom stereocenters. The predicted molar refractivity (Wildman–Crippen MR) is 92.9 cm³/mol. The van der Waals surface area contributed by atoms with E-state index in [1.54, 1.807) is 11.8 Å². The van der Waals surface area contributed by atoms with Crippen molar-refractivity contribution in [3.63, 3.8) is 0 Å². The lowest BCUT2D eigenvalue weighted by molar-refractivity contribution is 0.240. The number of benzene rings is 1. The van der Waals surface area contributed by atoms with Crippen molar-refractivity contribution >= 4 is 11.8 Å². The highest BCUT2D eigenvalue weighted by Crippen LogP contribution is 2.37. The molecule has 0 saturated heterocycles. The smallest absolute Gasteiger partial charge is 0.255 e. The van der Waals surface area contributed by atoms with Gasteiger partial charge in [-0.3, -0.25) is 9.69 Å². The SMILES string of the molecule is CSc1ccccc1CN1CCc2nc(C3CC3)[nH]c(=O)c2C1. The van der Waals surface area contributed by atoms with Crippen LogP contribution in [0.2, 0.25) is 0 Å². The molecule has 1 fully saturated rings. The number of hydrogen-bond donors (Lipinski definition) is 1. The zero-order valence-electron chi connectivity index (χ0n) is 13.3. The maximum absolute atomic E-state index is 12.4. The Kier molecular flexibility index (Phi) is 3.99. The van der Waals surface area contributed by atoms with E-state index in [0.717, 1.165) is 36.6 Å². The van der Waals surface area contributed by atoms with Gasteiger partial charge in [-0.25, -0.2) is 4.98 Å². The van der Waals surface area contributed by atoms with E-state index < -0.39 is 0 Å². The first-order chi connectivity index (χ1) is 11.2. The molecule has 0 radical (unpaired) electrons. The molecule has 1 aromatic heterocycles. The molecule has 4 rings (SSSR count). The van der Waals surface area contributed by atoms with Crippen LogP contribution in [0.1, 0.15) is 41.4 Å². The molecule has 1 saturated carbocycles. The zero-order chi connectivity index (χ0) is 15.8. The molecule has 1 aromatic carbocycles. The maximum atomic E-state index is 12.4. The molecule has 0 amide bonds. The number of nitrogens with zero attached hydrogens (tertiary/aromatic N) is 2. The van der Waals surface area contributed by atoms with Crippen molar-refractivity contribution in [1.82, 2.24) is 14.9 Å². The molecule has 1 N–H and O–H groups in total. The third-order valence-corrected chi connectivity index (χ3v) is 5.55. The Morgan fingerprint density at radius 2 is 2.17 bits per heavy atom. The molecular formula is C18H21N3OS. The monoisotopic (exact) mass is 327 g/mol. The van der Waals surface area contributed by atoms with Crippen molar-refractivity contribution in [2.24, 2.45) is 0 Å². The summed E-state index contributed by atoms with van der Waals surface area (Å²) in [6, 6.07) is 8.51. The number of H-pyrrole nitrogens is 1. The van der Waals surface area contributed by atoms with Gasteiger partial charge in [0.1, 0.15) is 5.82 Å². The summed E-state index contributed by atoms with van der Waals surface area (Å²) in [5.41, 5.74) is 3.29. The minimum atomic E-state index is 0.0692. The molecule has 0 bridgehead atoms. The topological polar surface area (TPSA) is 49.0 Å². The van der Waals surface area contributed by atoms with E-state index in [0.29, 0.717) is 12.5 Å². The molecule has 0 spiro atoms. The molecule has 1 aliphatic carbocycles. The van der Waals surface area contributed by atoms with Crippen molar-refractivity contribution in [1.29, 1.82) is 0 Å². The minimum Gasteiger partial charge on any atom is -0.310 e. The second kappa shape index (κ2) is 6.13. The van der Waals surface area contributed by atoms with Crippen molar-refractivity contribution in [3.05, 3.63) is 57.3 Å². The highest BCUT2D eigenvalue weighted by molar-refractivity contribution is 7.98. The molecule has 4 nitrogen and oxygen atoms in total. The third kappa shape index (κ3) is 3.08. The molecule has 0 unspecified atom stereocenters. The quantitative estimate of drug-likeness (QED) is 0.877. The minimum absolute atomic E-state index is 0.0692. The molecule has 5 heteroatoms. The van der Waals surface area contributed by atoms with E-state index in [4.69, 9.17) is 4.98 Å². The summed E-state index contributed by atoms with van der Waals surface area (Å²) in [4.78, 5) is 23.8. The number of nitrogens with one attached hydrogen (secondary N) is 1. The van der Waals surface area contributed by atoms with Crippen LogP contribution < -0.4 is 5.56 Å². The predicted octanol–water partition coefficient (Wildman–Crippen LogP) is 2.93. The van der Waals surface area contributed by atoms with Crippen LogP contribution >= 0.6 is 11.8 Å². The fourth-order valence-electron chi connectivity index (χ4n) is 3.26. The largest absolute Gasteiger partial charge is 0.310 e. The first-order valence-electron chi connectivity index (χ1n) is 8.21. The molecule has 1 aliphatic heterocycles. The second-order valence-corrected chi connectivity index (χ2v) is 7.27. The van der Waals surface area contributed by atoms with E-state index >= 15 is 0 Å². The van der Waals surface area contributed by atoms with Gasteiger partial charge in [0.25, 0.3) is 5.56 Å². The molecule has 23 heavy (non-hydrogen) atoms. The van der Waals surface area contributed by atoms with E-state index in [2.05, 4.69) is 40.4 Å². The summed E-state index contributed by atoms with van der Waals surface area (Å²) < 4.78 is 0. The first-order valence-corrected chi connectivity index (χ1v) is 9.43. The second-order valence-electron chi connectivity index (χ2n) is 6.42. The van der Waals surface area contributed by atoms with Crippen LogP contribution in [0.4, 0.5) is 0 Å². The Labute approximate surface area is 140 Å². The van der Waals surface area contributed by atoms with Crippen LogP contribution in [-0.4, -0.2) is 27.7 Å². The lowest BCUT2D eigenvalue weighted by Crippen LogP contribution is -2.35. The van der Waals surface area contributed by atoms with Crippen LogP contribution in [0.25, 0.3) is 0 Å². The Balaban J connectivity index is 1.55. The number of hydrogen-bond acceptors (Lipinski definition) is 4. The van der Waals surface area contributed by atoms with Crippen LogP contribution in [-0.2, 0) is 19.5 Å². The lowest BCUT2D eigenvalue weighted by atomic mass is 10.1. The van der Waals surface area contributed by atoms with Gasteiger partial charge in [0, 0.05) is 36.9 Å². The first kappa shape index (κ1) is 15.0. The van der Waals surface area contributed by atoms with Gasteiger partial charge in [0.05, 0.1) is 11.3 Å². The average Bonchev–Trinajstić information content (AvgIpc) is 3.41. The summed E-state index contributed by atoms with van der Waals surface area (Å²) >= 11 is 1.78. The van der Waals surface area contributed by atoms with Gasteiger partial charge in [-0.1, -0.05) is 18.2 Å². The zero-order valence-corrected chi connectivity index (χ0v) is 14.2. The van der Waals surface area contributed by atoms with Crippen molar-refractivity contribution in [2.45, 2.75) is 43.2 Å². The molecule has 2 heterocycles. The number of thioether (sulfide) groups is 1. The summed E-state index contributed by atoms with van der Waals surface area (Å²) in [5.74, 6) is 1.41. The fraction of sp³-hybridized carbons (Fsp3) is 0.444. The van der Waals surface area contributed by atoms with Crippen molar-refractivity contribution in [2.75, 3.05) is 12.8 Å². The summed E-state index contributed by atoms with van der Waals surface area (Å²) in [7, 11) is 0. The van der Waals surface area contributed by atoms with Gasteiger partial charge in [-0.15, -0.1) is 11.8 Å². The van der Waals surface area contributed by atoms with Crippen LogP contribution in [0.15, 0.2) is 34.0 Å². The van der Waals surface area contributed by atoms with Gasteiger partial charge >= 0.3 is 0 Å². The molecule has 2 aliphatic rings. The standard InChI is InChI=1S/C18H21N3OS/c1-23-16-5-3-2-4-13(16)10-21-9-8-15-14(11-21)18(22)20-17(19-15)12-6-7-12/h2-5,12H,6-11H2,1H3,(H,19,20,22). The van der Waals surface area contributed by atoms with Gasteiger partial charge in [0.2, 0.25) is 0 Å². The average molecular weight is 327 g/mol. The number of fused-ring (bicyclic) bond motifs is 1. The van der Waals surface area contributed by atoms with Gasteiger partial charge < -0.3 is 4.98 Å². The van der Waals surface area contributed by atoms with E-state index in [9.17, 15) is 4.79 Å². The van der Waals surface area contributed by atoms with Gasteiger partial charge in [0.15, 0.2) is 0 Å². The lowest BCUT2D eigenvalue weighted by Gasteiger charge is -2.28. The van der Waals surface area contributed by atoms with Crippen molar-refractivity contribution in [3.8, 4) is 0 Å². The Morgan fingerprint density at radius 1 is 1.35 bits per heavy atom. The number of rotatable bonds is 4. The molecular weight excluding hydrogens is 306 g/mol. The van der Waals surface area contributed by atoms with Gasteiger partial charge in [-0.05, 0) is 30.7 Å². The highest BCUT2D eigenvalue weighted by Gasteiger charge is 2.29. The van der Waals surface area contributed by atoms with Crippen LogP contribution in [0, 0.1) is 0 Å². The Bertz CT molecular complexity index is 782. The van der Waals surface area contributed by atoms with Crippen LogP contribution in [0.3, 0.4) is 0 Å². The Hall–Kier alpha value is -1.59. The Morgan fingerprint density at radius 3 is 2.96 bits per heavy atom. The molecule has 2 aromatic rings. The van der Waals surface area contributed by atoms with E-state index in [-0.39, 0.29) is 5.56 Å². The van der Waals surface area contributed by atoms with Crippen molar-refractivity contribution < 1.29 is 0 Å². The van der Waals surface area contributed by atoms with E-state index in [1.165, 1.54) is 23.3 Å².